The maximum Gasteiger partial charge on any atom is 0.439 e. The lowest BCUT2D eigenvalue weighted by Gasteiger charge is -2.15. The van der Waals surface area contributed by atoms with Crippen molar-refractivity contribution < 1.29 is 18.5 Å². The number of H-pyrrole nitrogens is 2. The number of benzene rings is 2. The van der Waals surface area contributed by atoms with Gasteiger partial charge in [-0.15, -0.1) is 5.10 Å². The molecule has 0 saturated carbocycles. The summed E-state index contributed by atoms with van der Waals surface area (Å²) >= 11 is 5.31. The molecule has 3 aromatic carbocycles. The average Bonchev–Trinajstić information content (AvgIpc) is 3.80. The third kappa shape index (κ3) is 5.25. The molecule has 6 aromatic rings. The van der Waals surface area contributed by atoms with E-state index in [0.29, 0.717) is 29.8 Å². The molecule has 0 radical (unpaired) electrons. The molecule has 1 atom stereocenters. The molecule has 1 aliphatic carbocycles. The Morgan fingerprint density at radius 1 is 1.11 bits per heavy atom. The molecule has 0 spiro atoms. The number of aryl methyl sites for hydroxylation is 1. The van der Waals surface area contributed by atoms with Gasteiger partial charge < -0.3 is 21.7 Å². The molecule has 0 bridgehead atoms. The zero-order chi connectivity index (χ0) is 33.0. The van der Waals surface area contributed by atoms with Crippen LogP contribution < -0.4 is 38.3 Å². The van der Waals surface area contributed by atoms with Crippen LogP contribution in [0.3, 0.4) is 0 Å². The SMILES string of the molecule is Nc1c(Nc2cc(CNC(=O)c3cc(C(=O)N[C@H]4CCc5cc(-c6noc(=O)[nH]6)ccc54)n4c(=S)[nH]nc4n3)ccc2F)c(=O)c1=O. The van der Waals surface area contributed by atoms with Crippen LogP contribution in [-0.2, 0) is 13.0 Å². The van der Waals surface area contributed by atoms with Crippen molar-refractivity contribution in [2.24, 2.45) is 0 Å². The maximum atomic E-state index is 14.4. The van der Waals surface area contributed by atoms with Gasteiger partial charge in [0.05, 0.1) is 11.7 Å². The summed E-state index contributed by atoms with van der Waals surface area (Å²) in [5.74, 6) is -2.27. The van der Waals surface area contributed by atoms with E-state index in [1.165, 1.54) is 22.6 Å². The van der Waals surface area contributed by atoms with Crippen molar-refractivity contribution in [3.8, 4) is 11.4 Å². The molecule has 0 fully saturated rings. The third-order valence-corrected chi connectivity index (χ3v) is 8.06. The fraction of sp³-hybridized carbons (Fsp3) is 0.138. The Morgan fingerprint density at radius 3 is 2.70 bits per heavy atom. The van der Waals surface area contributed by atoms with Crippen molar-refractivity contribution in [2.75, 3.05) is 11.1 Å². The number of hydrogen-bond donors (Lipinski definition) is 6. The Hall–Kier alpha value is -6.30. The van der Waals surface area contributed by atoms with E-state index < -0.39 is 34.2 Å². The van der Waals surface area contributed by atoms with E-state index in [2.05, 4.69) is 45.8 Å². The number of hydrogen-bond acceptors (Lipinski definition) is 12. The second-order valence-electron chi connectivity index (χ2n) is 10.7. The summed E-state index contributed by atoms with van der Waals surface area (Å²) in [7, 11) is 0. The van der Waals surface area contributed by atoms with Crippen LogP contribution in [0.5, 0.6) is 0 Å². The second kappa shape index (κ2) is 11.2. The van der Waals surface area contributed by atoms with Gasteiger partial charge >= 0.3 is 5.76 Å². The topological polar surface area (TPSA) is 235 Å². The van der Waals surface area contributed by atoms with Crippen LogP contribution in [0.15, 0.2) is 61.4 Å². The van der Waals surface area contributed by atoms with E-state index in [1.807, 2.05) is 12.1 Å². The van der Waals surface area contributed by atoms with Gasteiger partial charge in [-0.3, -0.25) is 28.7 Å². The van der Waals surface area contributed by atoms with Crippen LogP contribution in [0.1, 0.15) is 50.1 Å². The van der Waals surface area contributed by atoms with Crippen molar-refractivity contribution in [1.82, 2.24) is 40.4 Å². The summed E-state index contributed by atoms with van der Waals surface area (Å²) in [6, 6.07) is 10.3. The number of rotatable bonds is 8. The van der Waals surface area contributed by atoms with E-state index in [9.17, 15) is 28.4 Å². The normalized spacial score (nSPS) is 13.9. The molecule has 3 heterocycles. The molecular weight excluding hydrogens is 635 g/mol. The van der Waals surface area contributed by atoms with Crippen LogP contribution in [-0.4, -0.2) is 41.5 Å². The molecule has 7 N–H and O–H groups in total. The first-order valence-corrected chi connectivity index (χ1v) is 14.4. The largest absolute Gasteiger partial charge is 0.439 e. The lowest BCUT2D eigenvalue weighted by Crippen LogP contribution is -2.36. The Balaban J connectivity index is 1.09. The van der Waals surface area contributed by atoms with Gasteiger partial charge in [0, 0.05) is 12.1 Å². The van der Waals surface area contributed by atoms with Gasteiger partial charge in [-0.25, -0.2) is 23.7 Å². The van der Waals surface area contributed by atoms with Gasteiger partial charge in [0.1, 0.15) is 28.6 Å². The van der Waals surface area contributed by atoms with E-state index in [4.69, 9.17) is 18.0 Å². The van der Waals surface area contributed by atoms with E-state index in [-0.39, 0.29) is 51.6 Å². The quantitative estimate of drug-likeness (QED) is 0.101. The number of amides is 2. The molecule has 1 aliphatic rings. The zero-order valence-corrected chi connectivity index (χ0v) is 24.7. The average molecular weight is 657 g/mol. The summed E-state index contributed by atoms with van der Waals surface area (Å²) in [5, 5.41) is 18.5. The molecule has 0 saturated heterocycles. The number of nitrogens with two attached hydrogens (primary N) is 1. The molecule has 2 amide bonds. The van der Waals surface area contributed by atoms with Crippen molar-refractivity contribution in [3.63, 3.8) is 0 Å². The molecule has 236 valence electrons. The monoisotopic (exact) mass is 656 g/mol. The van der Waals surface area contributed by atoms with Gasteiger partial charge in [-0.05, 0) is 66.0 Å². The smallest absolute Gasteiger partial charge is 0.394 e. The van der Waals surface area contributed by atoms with Gasteiger partial charge in [0.15, 0.2) is 5.82 Å². The van der Waals surface area contributed by atoms with Crippen molar-refractivity contribution in [2.45, 2.75) is 25.4 Å². The number of halogens is 1. The highest BCUT2D eigenvalue weighted by atomic mass is 32.1. The minimum absolute atomic E-state index is 0.00952. The number of carbonyl (C=O) groups excluding carboxylic acids is 2. The first-order valence-electron chi connectivity index (χ1n) is 14.0. The summed E-state index contributed by atoms with van der Waals surface area (Å²) in [6.07, 6.45) is 1.25. The van der Waals surface area contributed by atoms with Gasteiger partial charge in [-0.1, -0.05) is 23.4 Å². The number of aromatic amines is 2. The van der Waals surface area contributed by atoms with Crippen LogP contribution in [0.4, 0.5) is 21.5 Å². The van der Waals surface area contributed by atoms with E-state index >= 15 is 0 Å². The number of carbonyl (C=O) groups is 2. The van der Waals surface area contributed by atoms with Crippen molar-refractivity contribution in [3.05, 3.63) is 112 Å². The number of aromatic nitrogens is 6. The number of fused-ring (bicyclic) bond motifs is 2. The van der Waals surface area contributed by atoms with Crippen molar-refractivity contribution in [1.29, 1.82) is 0 Å². The summed E-state index contributed by atoms with van der Waals surface area (Å²) in [5.41, 5.74) is 6.05. The number of nitrogens with zero attached hydrogens (tertiary/aromatic N) is 4. The summed E-state index contributed by atoms with van der Waals surface area (Å²) in [4.78, 5) is 68.1. The fourth-order valence-corrected chi connectivity index (χ4v) is 5.64. The molecule has 0 unspecified atom stereocenters. The molecule has 18 heteroatoms. The van der Waals surface area contributed by atoms with Crippen LogP contribution in [0, 0.1) is 10.6 Å². The Kier molecular flexibility index (Phi) is 7.04. The minimum Gasteiger partial charge on any atom is -0.394 e. The Labute approximate surface area is 265 Å². The fourth-order valence-electron chi connectivity index (χ4n) is 5.42. The third-order valence-electron chi connectivity index (χ3n) is 7.79. The Bertz CT molecular complexity index is 2450. The van der Waals surface area contributed by atoms with Crippen LogP contribution >= 0.6 is 12.2 Å². The highest BCUT2D eigenvalue weighted by Gasteiger charge is 2.27. The molecule has 7 rings (SSSR count). The summed E-state index contributed by atoms with van der Waals surface area (Å²) in [6.45, 7) is -0.0838. The zero-order valence-electron chi connectivity index (χ0n) is 23.8. The van der Waals surface area contributed by atoms with E-state index in [1.54, 1.807) is 6.07 Å². The maximum absolute atomic E-state index is 14.4. The van der Waals surface area contributed by atoms with Gasteiger partial charge in [0.25, 0.3) is 28.4 Å². The van der Waals surface area contributed by atoms with Crippen LogP contribution in [0.2, 0.25) is 0 Å². The molecule has 3 aromatic heterocycles. The van der Waals surface area contributed by atoms with Crippen LogP contribution in [0.25, 0.3) is 17.2 Å². The van der Waals surface area contributed by atoms with Crippen molar-refractivity contribution >= 4 is 46.9 Å². The van der Waals surface area contributed by atoms with E-state index in [0.717, 1.165) is 17.2 Å². The molecule has 47 heavy (non-hydrogen) atoms. The Morgan fingerprint density at radius 2 is 1.94 bits per heavy atom. The van der Waals surface area contributed by atoms with Gasteiger partial charge in [-0.2, -0.15) is 0 Å². The first-order chi connectivity index (χ1) is 22.6. The molecular formula is C29H21FN10O6S. The standard InChI is InChI=1S/C29H21FN10O6S/c30-15-5-1-11(7-17(15)33-21-20(31)22(41)23(21)42)10-32-25(43)18-9-19(40-27(35-18)37-38-28(40)47)26(44)34-16-6-3-12-8-13(2-4-14(12)16)24-36-29(45)46-39-24/h1-2,4-5,7-9,16,33H,3,6,10,31H2,(H,32,43)(H,34,44)(H,38,47)(H,36,39,45)/t16-/m0/s1. The lowest BCUT2D eigenvalue weighted by atomic mass is 10.0. The van der Waals surface area contributed by atoms with Gasteiger partial charge in [0.2, 0.25) is 4.77 Å². The molecule has 0 aliphatic heterocycles. The predicted octanol–water partition coefficient (Wildman–Crippen LogP) is 1.54. The first kappa shape index (κ1) is 29.4. The number of nitrogens with one attached hydrogen (secondary N) is 5. The highest BCUT2D eigenvalue weighted by molar-refractivity contribution is 7.71. The number of nitrogen functional groups attached to an aromatic ring is 1. The minimum atomic E-state index is -0.853. The second-order valence-corrected chi connectivity index (χ2v) is 11.1. The predicted molar refractivity (Wildman–Crippen MR) is 166 cm³/mol. The molecule has 16 nitrogen and oxygen atoms in total. The lowest BCUT2D eigenvalue weighted by molar-refractivity contribution is 0.0930. The summed E-state index contributed by atoms with van der Waals surface area (Å²) < 4.78 is 20.4. The highest BCUT2D eigenvalue weighted by Crippen LogP contribution is 2.34. The number of anilines is 3.